The maximum Gasteiger partial charge on any atom is 0.227 e. The molecule has 1 amide bonds. The second kappa shape index (κ2) is 7.45. The molecule has 1 aromatic heterocycles. The number of aromatic nitrogens is 2. The molecule has 0 saturated heterocycles. The first-order chi connectivity index (χ1) is 8.34. The topological polar surface area (TPSA) is 85.2 Å². The van der Waals surface area contributed by atoms with Crippen LogP contribution in [0.25, 0.3) is 0 Å². The Morgan fingerprint density at radius 1 is 1.47 bits per heavy atom. The van der Waals surface area contributed by atoms with E-state index in [-0.39, 0.29) is 23.7 Å². The van der Waals surface area contributed by atoms with Gasteiger partial charge in [0.05, 0.1) is 0 Å². The molecular weight excluding hydrogens is 268 g/mol. The molecule has 0 aliphatic carbocycles. The molecule has 0 bridgehead atoms. The average Bonchev–Trinajstić information content (AvgIpc) is 2.71. The van der Waals surface area contributed by atoms with Gasteiger partial charge in [-0.25, -0.2) is 0 Å². The van der Waals surface area contributed by atoms with E-state index in [1.807, 2.05) is 13.8 Å². The van der Waals surface area contributed by atoms with Gasteiger partial charge in [0.25, 0.3) is 0 Å². The number of carbonyl (C=O) groups is 1. The Bertz CT molecular complexity index is 406. The number of carbonyl (C=O) groups excluding carboxylic acids is 1. The van der Waals surface area contributed by atoms with E-state index in [9.17, 15) is 4.79 Å². The van der Waals surface area contributed by atoms with Crippen molar-refractivity contribution in [2.75, 3.05) is 20.1 Å². The molecule has 0 unspecified atom stereocenters. The summed E-state index contributed by atoms with van der Waals surface area (Å²) < 4.78 is 4.96. The lowest BCUT2D eigenvalue weighted by Gasteiger charge is -2.29. The lowest BCUT2D eigenvalue weighted by Crippen LogP contribution is -2.39. The predicted octanol–water partition coefficient (Wildman–Crippen LogP) is 1.18. The van der Waals surface area contributed by atoms with Gasteiger partial charge in [0.1, 0.15) is 0 Å². The van der Waals surface area contributed by atoms with E-state index in [2.05, 4.69) is 10.1 Å². The minimum absolute atomic E-state index is 0. The second-order valence-electron chi connectivity index (χ2n) is 5.35. The molecule has 2 N–H and O–H groups in total. The van der Waals surface area contributed by atoms with Gasteiger partial charge in [-0.3, -0.25) is 4.79 Å². The number of halogens is 1. The fourth-order valence-electron chi connectivity index (χ4n) is 1.64. The number of hydrogen-bond acceptors (Lipinski definition) is 5. The third kappa shape index (κ3) is 6.02. The Hall–Kier alpha value is -1.14. The van der Waals surface area contributed by atoms with Crippen LogP contribution in [0.1, 0.15) is 32.0 Å². The average molecular weight is 291 g/mol. The van der Waals surface area contributed by atoms with Crippen LogP contribution in [0.4, 0.5) is 0 Å². The van der Waals surface area contributed by atoms with Crippen molar-refractivity contribution in [1.82, 2.24) is 15.0 Å². The first kappa shape index (κ1) is 17.9. The van der Waals surface area contributed by atoms with Crippen LogP contribution in [-0.4, -0.2) is 41.1 Å². The Balaban J connectivity index is 0.00000324. The quantitative estimate of drug-likeness (QED) is 0.850. The monoisotopic (exact) mass is 290 g/mol. The normalized spacial score (nSPS) is 11.0. The summed E-state index contributed by atoms with van der Waals surface area (Å²) in [5.41, 5.74) is 5.59. The van der Waals surface area contributed by atoms with Crippen molar-refractivity contribution in [3.8, 4) is 0 Å². The number of hydrogen-bond donors (Lipinski definition) is 1. The minimum atomic E-state index is -0.0640. The zero-order valence-electron chi connectivity index (χ0n) is 12.0. The third-order valence-electron chi connectivity index (χ3n) is 2.77. The fourth-order valence-corrected chi connectivity index (χ4v) is 1.64. The van der Waals surface area contributed by atoms with E-state index in [1.54, 1.807) is 18.9 Å². The van der Waals surface area contributed by atoms with Crippen LogP contribution in [0.15, 0.2) is 4.52 Å². The summed E-state index contributed by atoms with van der Waals surface area (Å²) in [6.07, 6.45) is 0.853. The third-order valence-corrected chi connectivity index (χ3v) is 2.77. The maximum absolute atomic E-state index is 11.9. The Morgan fingerprint density at radius 3 is 2.58 bits per heavy atom. The zero-order chi connectivity index (χ0) is 13.8. The van der Waals surface area contributed by atoms with E-state index in [0.29, 0.717) is 37.6 Å². The molecule has 0 atom stereocenters. The number of aryl methyl sites for hydroxylation is 2. The van der Waals surface area contributed by atoms with Crippen LogP contribution in [-0.2, 0) is 11.2 Å². The molecular formula is C12H23ClN4O2. The number of amides is 1. The molecule has 19 heavy (non-hydrogen) atoms. The van der Waals surface area contributed by atoms with Crippen LogP contribution in [0.5, 0.6) is 0 Å². The zero-order valence-corrected chi connectivity index (χ0v) is 12.8. The SMILES string of the molecule is Cc1noc(CCC(=O)N(C)CC(C)(C)CN)n1.Cl. The summed E-state index contributed by atoms with van der Waals surface area (Å²) in [6.45, 7) is 7.03. The highest BCUT2D eigenvalue weighted by Gasteiger charge is 2.21. The lowest BCUT2D eigenvalue weighted by atomic mass is 9.93. The maximum atomic E-state index is 11.9. The van der Waals surface area contributed by atoms with Gasteiger partial charge in [0, 0.05) is 26.4 Å². The largest absolute Gasteiger partial charge is 0.345 e. The number of rotatable bonds is 6. The Kier molecular flexibility index (Phi) is 7.00. The van der Waals surface area contributed by atoms with Crippen molar-refractivity contribution < 1.29 is 9.32 Å². The van der Waals surface area contributed by atoms with E-state index >= 15 is 0 Å². The first-order valence-corrected chi connectivity index (χ1v) is 6.07. The molecule has 110 valence electrons. The summed E-state index contributed by atoms with van der Waals surface area (Å²) >= 11 is 0. The molecule has 6 nitrogen and oxygen atoms in total. The smallest absolute Gasteiger partial charge is 0.227 e. The Morgan fingerprint density at radius 2 is 2.11 bits per heavy atom. The molecule has 0 radical (unpaired) electrons. The summed E-state index contributed by atoms with van der Waals surface area (Å²) in [5, 5.41) is 3.68. The van der Waals surface area contributed by atoms with Gasteiger partial charge >= 0.3 is 0 Å². The molecule has 0 aromatic carbocycles. The molecule has 0 fully saturated rings. The van der Waals surface area contributed by atoms with Gasteiger partial charge < -0.3 is 15.2 Å². The summed E-state index contributed by atoms with van der Waals surface area (Å²) in [5.74, 6) is 1.16. The number of nitrogens with two attached hydrogens (primary N) is 1. The van der Waals surface area contributed by atoms with Crippen molar-refractivity contribution in [3.05, 3.63) is 11.7 Å². The molecule has 0 aliphatic rings. The van der Waals surface area contributed by atoms with E-state index < -0.39 is 0 Å². The van der Waals surface area contributed by atoms with E-state index in [4.69, 9.17) is 10.3 Å². The van der Waals surface area contributed by atoms with E-state index in [0.717, 1.165) is 0 Å². The van der Waals surface area contributed by atoms with Crippen molar-refractivity contribution in [3.63, 3.8) is 0 Å². The van der Waals surface area contributed by atoms with Crippen molar-refractivity contribution >= 4 is 18.3 Å². The van der Waals surface area contributed by atoms with Crippen LogP contribution in [0.3, 0.4) is 0 Å². The van der Waals surface area contributed by atoms with Crippen molar-refractivity contribution in [2.24, 2.45) is 11.1 Å². The molecule has 0 saturated carbocycles. The summed E-state index contributed by atoms with van der Waals surface area (Å²) in [4.78, 5) is 17.7. The number of nitrogens with zero attached hydrogens (tertiary/aromatic N) is 3. The van der Waals surface area contributed by atoms with Crippen molar-refractivity contribution in [1.29, 1.82) is 0 Å². The lowest BCUT2D eigenvalue weighted by molar-refractivity contribution is -0.131. The van der Waals surface area contributed by atoms with Crippen LogP contribution >= 0.6 is 12.4 Å². The molecule has 1 aromatic rings. The fraction of sp³-hybridized carbons (Fsp3) is 0.750. The highest BCUT2D eigenvalue weighted by Crippen LogP contribution is 2.14. The summed E-state index contributed by atoms with van der Waals surface area (Å²) in [6, 6.07) is 0. The van der Waals surface area contributed by atoms with E-state index in [1.165, 1.54) is 0 Å². The van der Waals surface area contributed by atoms with Gasteiger partial charge in [-0.1, -0.05) is 19.0 Å². The standard InChI is InChI=1S/C12H22N4O2.ClH/c1-9-14-10(18-15-9)5-6-11(17)16(4)8-12(2,3)7-13;/h5-8,13H2,1-4H3;1H. The van der Waals surface area contributed by atoms with Gasteiger partial charge in [0.2, 0.25) is 11.8 Å². The van der Waals surface area contributed by atoms with Gasteiger partial charge in [-0.2, -0.15) is 4.98 Å². The molecule has 1 heterocycles. The molecule has 1 rings (SSSR count). The van der Waals surface area contributed by atoms with Gasteiger partial charge in [0.15, 0.2) is 5.82 Å². The van der Waals surface area contributed by atoms with Crippen LogP contribution in [0, 0.1) is 12.3 Å². The Labute approximate surface area is 120 Å². The molecule has 0 aliphatic heterocycles. The first-order valence-electron chi connectivity index (χ1n) is 6.07. The van der Waals surface area contributed by atoms with Gasteiger partial charge in [-0.05, 0) is 18.9 Å². The van der Waals surface area contributed by atoms with Crippen LogP contribution < -0.4 is 5.73 Å². The highest BCUT2D eigenvalue weighted by molar-refractivity contribution is 5.85. The summed E-state index contributed by atoms with van der Waals surface area (Å²) in [7, 11) is 1.79. The molecule has 7 heteroatoms. The highest BCUT2D eigenvalue weighted by atomic mass is 35.5. The second-order valence-corrected chi connectivity index (χ2v) is 5.35. The van der Waals surface area contributed by atoms with Gasteiger partial charge in [-0.15, -0.1) is 12.4 Å². The minimum Gasteiger partial charge on any atom is -0.345 e. The van der Waals surface area contributed by atoms with Crippen LogP contribution in [0.2, 0.25) is 0 Å². The predicted molar refractivity (Wildman–Crippen MR) is 75.1 cm³/mol. The molecule has 0 spiro atoms. The van der Waals surface area contributed by atoms with Crippen molar-refractivity contribution in [2.45, 2.75) is 33.6 Å².